The zero-order valence-electron chi connectivity index (χ0n) is 11.9. The standard InChI is InChI=1S/C16H23NO2/c1-13(4-3-8-17-9-11-18-2)14-5-6-16-15(12-14)7-10-19-16/h4-6,12,17H,3,7-11H2,1-2H3/b13-4-. The van der Waals surface area contributed by atoms with Crippen LogP contribution in [0.25, 0.3) is 5.57 Å². The van der Waals surface area contributed by atoms with E-state index in [1.807, 2.05) is 0 Å². The first-order valence-electron chi connectivity index (χ1n) is 6.94. The van der Waals surface area contributed by atoms with E-state index in [0.717, 1.165) is 44.9 Å². The van der Waals surface area contributed by atoms with Gasteiger partial charge in [-0.1, -0.05) is 12.1 Å². The van der Waals surface area contributed by atoms with Crippen LogP contribution in [0.2, 0.25) is 0 Å². The molecular formula is C16H23NO2. The molecule has 1 aromatic rings. The molecule has 0 radical (unpaired) electrons. The lowest BCUT2D eigenvalue weighted by atomic mass is 10.0. The third-order valence-corrected chi connectivity index (χ3v) is 3.40. The fourth-order valence-electron chi connectivity index (χ4n) is 2.24. The summed E-state index contributed by atoms with van der Waals surface area (Å²) in [6, 6.07) is 6.49. The molecule has 0 aliphatic carbocycles. The maximum absolute atomic E-state index is 5.53. The van der Waals surface area contributed by atoms with Crippen molar-refractivity contribution in [2.24, 2.45) is 0 Å². The summed E-state index contributed by atoms with van der Waals surface area (Å²) < 4.78 is 10.5. The minimum Gasteiger partial charge on any atom is -0.493 e. The van der Waals surface area contributed by atoms with Crippen LogP contribution >= 0.6 is 0 Å². The number of ether oxygens (including phenoxy) is 2. The smallest absolute Gasteiger partial charge is 0.122 e. The van der Waals surface area contributed by atoms with Crippen molar-refractivity contribution < 1.29 is 9.47 Å². The van der Waals surface area contributed by atoms with E-state index in [2.05, 4.69) is 36.5 Å². The molecule has 19 heavy (non-hydrogen) atoms. The van der Waals surface area contributed by atoms with Gasteiger partial charge < -0.3 is 14.8 Å². The molecule has 1 heterocycles. The van der Waals surface area contributed by atoms with Gasteiger partial charge in [0.1, 0.15) is 5.75 Å². The molecule has 0 bridgehead atoms. The van der Waals surface area contributed by atoms with Crippen molar-refractivity contribution in [3.8, 4) is 5.75 Å². The number of fused-ring (bicyclic) bond motifs is 1. The fourth-order valence-corrected chi connectivity index (χ4v) is 2.24. The molecule has 1 aromatic carbocycles. The van der Waals surface area contributed by atoms with Crippen molar-refractivity contribution in [2.75, 3.05) is 33.4 Å². The Bertz CT molecular complexity index is 440. The maximum Gasteiger partial charge on any atom is 0.122 e. The van der Waals surface area contributed by atoms with Crippen LogP contribution in [-0.2, 0) is 11.2 Å². The Morgan fingerprint density at radius 1 is 1.42 bits per heavy atom. The van der Waals surface area contributed by atoms with Crippen LogP contribution in [-0.4, -0.2) is 33.4 Å². The number of methoxy groups -OCH3 is 1. The quantitative estimate of drug-likeness (QED) is 0.765. The molecule has 3 nitrogen and oxygen atoms in total. The second-order valence-electron chi connectivity index (χ2n) is 4.84. The van der Waals surface area contributed by atoms with Crippen LogP contribution in [0.4, 0.5) is 0 Å². The van der Waals surface area contributed by atoms with Gasteiger partial charge in [0.2, 0.25) is 0 Å². The van der Waals surface area contributed by atoms with Crippen molar-refractivity contribution >= 4 is 5.57 Å². The Labute approximate surface area is 115 Å². The summed E-state index contributed by atoms with van der Waals surface area (Å²) in [5, 5.41) is 3.35. The van der Waals surface area contributed by atoms with Crippen LogP contribution < -0.4 is 10.1 Å². The van der Waals surface area contributed by atoms with E-state index < -0.39 is 0 Å². The third-order valence-electron chi connectivity index (χ3n) is 3.40. The van der Waals surface area contributed by atoms with Gasteiger partial charge in [-0.05, 0) is 48.7 Å². The molecular weight excluding hydrogens is 238 g/mol. The van der Waals surface area contributed by atoms with Crippen LogP contribution in [0.15, 0.2) is 24.3 Å². The van der Waals surface area contributed by atoms with E-state index in [9.17, 15) is 0 Å². The lowest BCUT2D eigenvalue weighted by Crippen LogP contribution is -2.19. The SMILES string of the molecule is COCCNCC/C=C(/C)c1ccc2c(c1)CCO2. The molecule has 1 aliphatic rings. The average molecular weight is 261 g/mol. The molecule has 3 heteroatoms. The molecule has 0 atom stereocenters. The Morgan fingerprint density at radius 2 is 2.32 bits per heavy atom. The van der Waals surface area contributed by atoms with Gasteiger partial charge in [-0.3, -0.25) is 0 Å². The van der Waals surface area contributed by atoms with E-state index in [1.165, 1.54) is 16.7 Å². The summed E-state index contributed by atoms with van der Waals surface area (Å²) in [6.07, 6.45) is 4.37. The van der Waals surface area contributed by atoms with Gasteiger partial charge in [-0.25, -0.2) is 0 Å². The summed E-state index contributed by atoms with van der Waals surface area (Å²) in [5.74, 6) is 1.05. The van der Waals surface area contributed by atoms with Crippen LogP contribution in [0.1, 0.15) is 24.5 Å². The summed E-state index contributed by atoms with van der Waals surface area (Å²) in [4.78, 5) is 0. The maximum atomic E-state index is 5.53. The second-order valence-corrected chi connectivity index (χ2v) is 4.84. The Hall–Kier alpha value is -1.32. The minimum absolute atomic E-state index is 0.771. The van der Waals surface area contributed by atoms with Gasteiger partial charge in [0, 0.05) is 20.1 Å². The zero-order valence-corrected chi connectivity index (χ0v) is 11.9. The lowest BCUT2D eigenvalue weighted by Gasteiger charge is -2.06. The topological polar surface area (TPSA) is 30.5 Å². The molecule has 0 unspecified atom stereocenters. The number of allylic oxidation sites excluding steroid dienone is 1. The van der Waals surface area contributed by atoms with Crippen molar-refractivity contribution in [1.29, 1.82) is 0 Å². The van der Waals surface area contributed by atoms with Crippen molar-refractivity contribution in [2.45, 2.75) is 19.8 Å². The molecule has 0 spiro atoms. The van der Waals surface area contributed by atoms with Gasteiger partial charge in [0.05, 0.1) is 13.2 Å². The Kier molecular flexibility index (Phi) is 5.43. The van der Waals surface area contributed by atoms with E-state index in [4.69, 9.17) is 9.47 Å². The third kappa shape index (κ3) is 4.08. The van der Waals surface area contributed by atoms with Gasteiger partial charge in [-0.15, -0.1) is 0 Å². The number of nitrogens with one attached hydrogen (secondary N) is 1. The Balaban J connectivity index is 1.83. The van der Waals surface area contributed by atoms with Crippen LogP contribution in [0, 0.1) is 0 Å². The summed E-state index contributed by atoms with van der Waals surface area (Å²) >= 11 is 0. The monoisotopic (exact) mass is 261 g/mol. The first-order valence-corrected chi connectivity index (χ1v) is 6.94. The van der Waals surface area contributed by atoms with Gasteiger partial charge in [0.25, 0.3) is 0 Å². The molecule has 0 amide bonds. The molecule has 2 rings (SSSR count). The molecule has 0 aromatic heterocycles. The highest BCUT2D eigenvalue weighted by Gasteiger charge is 2.12. The molecule has 0 fully saturated rings. The van der Waals surface area contributed by atoms with Crippen molar-refractivity contribution in [3.05, 3.63) is 35.4 Å². The van der Waals surface area contributed by atoms with Crippen LogP contribution in [0.5, 0.6) is 5.75 Å². The summed E-state index contributed by atoms with van der Waals surface area (Å²) in [6.45, 7) is 5.68. The van der Waals surface area contributed by atoms with Crippen molar-refractivity contribution in [3.63, 3.8) is 0 Å². The number of hydrogen-bond donors (Lipinski definition) is 1. The highest BCUT2D eigenvalue weighted by Crippen LogP contribution is 2.28. The molecule has 0 saturated carbocycles. The lowest BCUT2D eigenvalue weighted by molar-refractivity contribution is 0.199. The highest BCUT2D eigenvalue weighted by atomic mass is 16.5. The molecule has 104 valence electrons. The second kappa shape index (κ2) is 7.31. The van der Waals surface area contributed by atoms with Gasteiger partial charge >= 0.3 is 0 Å². The Morgan fingerprint density at radius 3 is 3.16 bits per heavy atom. The van der Waals surface area contributed by atoms with Gasteiger partial charge in [-0.2, -0.15) is 0 Å². The molecule has 0 saturated heterocycles. The number of hydrogen-bond acceptors (Lipinski definition) is 3. The van der Waals surface area contributed by atoms with E-state index in [-0.39, 0.29) is 0 Å². The summed E-state index contributed by atoms with van der Waals surface area (Å²) in [7, 11) is 1.73. The highest BCUT2D eigenvalue weighted by molar-refractivity contribution is 5.65. The summed E-state index contributed by atoms with van der Waals surface area (Å²) in [5.41, 5.74) is 3.98. The van der Waals surface area contributed by atoms with E-state index in [0.29, 0.717) is 0 Å². The minimum atomic E-state index is 0.771. The molecule has 1 aliphatic heterocycles. The normalized spacial score (nSPS) is 14.3. The first kappa shape index (κ1) is 14.1. The average Bonchev–Trinajstić information content (AvgIpc) is 2.89. The number of benzene rings is 1. The predicted molar refractivity (Wildman–Crippen MR) is 78.7 cm³/mol. The molecule has 1 N–H and O–H groups in total. The first-order chi connectivity index (χ1) is 9.31. The zero-order chi connectivity index (χ0) is 13.5. The van der Waals surface area contributed by atoms with E-state index >= 15 is 0 Å². The van der Waals surface area contributed by atoms with Crippen LogP contribution in [0.3, 0.4) is 0 Å². The fraction of sp³-hybridized carbons (Fsp3) is 0.500. The van der Waals surface area contributed by atoms with Gasteiger partial charge in [0.15, 0.2) is 0 Å². The number of rotatable bonds is 7. The predicted octanol–water partition coefficient (Wildman–Crippen LogP) is 2.65. The largest absolute Gasteiger partial charge is 0.493 e. The van der Waals surface area contributed by atoms with E-state index in [1.54, 1.807) is 7.11 Å². The van der Waals surface area contributed by atoms with Crippen molar-refractivity contribution in [1.82, 2.24) is 5.32 Å².